The van der Waals surface area contributed by atoms with Crippen LogP contribution in [0.25, 0.3) is 0 Å². The fraction of sp³-hybridized carbons (Fsp3) is 0.481. The van der Waals surface area contributed by atoms with E-state index in [-0.39, 0.29) is 18.3 Å². The number of carbonyl (C=O) groups excluding carboxylic acids is 4. The lowest BCUT2D eigenvalue weighted by Crippen LogP contribution is -2.51. The molecule has 2 rings (SSSR count). The minimum absolute atomic E-state index is 0.0510. The van der Waals surface area contributed by atoms with Crippen molar-refractivity contribution >= 4 is 35.4 Å². The Balaban J connectivity index is 2.73. The van der Waals surface area contributed by atoms with Crippen LogP contribution in [-0.2, 0) is 38.1 Å². The average Bonchev–Trinajstić information content (AvgIpc) is 2.82. The average molecular weight is 562 g/mol. The zero-order valence-corrected chi connectivity index (χ0v) is 23.6. The van der Waals surface area contributed by atoms with Crippen LogP contribution in [0.3, 0.4) is 0 Å². The highest BCUT2D eigenvalue weighted by molar-refractivity contribution is 5.69. The van der Waals surface area contributed by atoms with Gasteiger partial charge in [0.25, 0.3) is 5.56 Å². The van der Waals surface area contributed by atoms with Crippen LogP contribution in [0, 0.1) is 6.92 Å². The second-order valence-corrected chi connectivity index (χ2v) is 9.45. The zero-order valence-electron chi connectivity index (χ0n) is 23.6. The number of benzene rings is 1. The molecular formula is C27H35N3O10. The predicted molar refractivity (Wildman–Crippen MR) is 143 cm³/mol. The Morgan fingerprint density at radius 3 is 1.95 bits per heavy atom. The number of hydrogen-bond acceptors (Lipinski definition) is 11. The molecule has 40 heavy (non-hydrogen) atoms. The highest BCUT2D eigenvalue weighted by Crippen LogP contribution is 2.30. The van der Waals surface area contributed by atoms with Crippen molar-refractivity contribution in [1.82, 2.24) is 9.97 Å². The summed E-state index contributed by atoms with van der Waals surface area (Å²) in [6, 6.07) is 6.60. The number of anilines is 2. The molecule has 0 bridgehead atoms. The summed E-state index contributed by atoms with van der Waals surface area (Å²) < 4.78 is 21.3. The van der Waals surface area contributed by atoms with Crippen LogP contribution < -0.4 is 16.1 Å². The summed E-state index contributed by atoms with van der Waals surface area (Å²) in [4.78, 5) is 78.4. The molecular weight excluding hydrogens is 526 g/mol. The Hall–Kier alpha value is -4.42. The topological polar surface area (TPSA) is 174 Å². The van der Waals surface area contributed by atoms with Gasteiger partial charge >= 0.3 is 29.6 Å². The second-order valence-electron chi connectivity index (χ2n) is 9.45. The molecule has 13 heteroatoms. The fourth-order valence-electron chi connectivity index (χ4n) is 4.15. The number of aromatic nitrogens is 2. The van der Waals surface area contributed by atoms with Crippen LogP contribution in [0.5, 0.6) is 0 Å². The number of rotatable bonds is 12. The molecule has 1 aromatic heterocycles. The Labute approximate surface area is 230 Å². The molecule has 1 aromatic carbocycles. The Kier molecular flexibility index (Phi) is 11.2. The largest absolute Gasteiger partial charge is 0.462 e. The van der Waals surface area contributed by atoms with Crippen molar-refractivity contribution in [2.45, 2.75) is 72.7 Å². The van der Waals surface area contributed by atoms with E-state index in [1.807, 2.05) is 32.9 Å². The van der Waals surface area contributed by atoms with Crippen LogP contribution in [0.15, 0.2) is 33.9 Å². The maximum absolute atomic E-state index is 12.2. The van der Waals surface area contributed by atoms with E-state index in [1.54, 1.807) is 6.07 Å². The second kappa shape index (κ2) is 14.1. The van der Waals surface area contributed by atoms with E-state index >= 15 is 0 Å². The Morgan fingerprint density at radius 1 is 0.825 bits per heavy atom. The number of ether oxygens (including phenoxy) is 4. The number of aryl methyl sites for hydroxylation is 1. The number of aromatic amines is 2. The minimum Gasteiger partial charge on any atom is -0.462 e. The zero-order chi connectivity index (χ0) is 30.1. The van der Waals surface area contributed by atoms with Crippen molar-refractivity contribution in [1.29, 1.82) is 0 Å². The fourth-order valence-corrected chi connectivity index (χ4v) is 4.15. The van der Waals surface area contributed by atoms with Gasteiger partial charge < -0.3 is 23.8 Å². The van der Waals surface area contributed by atoms with Gasteiger partial charge in [-0.2, -0.15) is 0 Å². The first-order chi connectivity index (χ1) is 18.7. The third-order valence-electron chi connectivity index (χ3n) is 5.72. The molecule has 0 saturated carbocycles. The molecule has 0 amide bonds. The van der Waals surface area contributed by atoms with E-state index in [2.05, 4.69) is 9.97 Å². The normalized spacial score (nSPS) is 13.1. The predicted octanol–water partition coefficient (Wildman–Crippen LogP) is 1.99. The quantitative estimate of drug-likeness (QED) is 0.286. The van der Waals surface area contributed by atoms with Gasteiger partial charge in [-0.1, -0.05) is 19.9 Å². The van der Waals surface area contributed by atoms with E-state index in [0.717, 1.165) is 44.9 Å². The molecule has 0 aliphatic rings. The first-order valence-electron chi connectivity index (χ1n) is 12.5. The van der Waals surface area contributed by atoms with Crippen molar-refractivity contribution in [3.05, 3.63) is 56.2 Å². The van der Waals surface area contributed by atoms with Gasteiger partial charge in [-0.05, 0) is 36.1 Å². The summed E-state index contributed by atoms with van der Waals surface area (Å²) in [7, 11) is 0. The standard InChI is InChI=1S/C27H35N3O10/c1-14(2)21-10-20(9-8-15(21)3)30(24-11-25(35)29-27(36)28-24)12-22(38-17(5)32)26(40-19(7)34)23(39-18(6)33)13-37-16(4)31/h8-11,14,22-23,26H,12-13H2,1-7H3,(H2,28,29,35,36)/t22-,23+,26-/m0/s1. The summed E-state index contributed by atoms with van der Waals surface area (Å²) in [5, 5.41) is 0. The first-order valence-corrected chi connectivity index (χ1v) is 12.5. The van der Waals surface area contributed by atoms with Crippen LogP contribution >= 0.6 is 0 Å². The van der Waals surface area contributed by atoms with Gasteiger partial charge in [-0.15, -0.1) is 0 Å². The van der Waals surface area contributed by atoms with E-state index in [0.29, 0.717) is 5.69 Å². The molecule has 1 heterocycles. The van der Waals surface area contributed by atoms with Gasteiger partial charge in [0.1, 0.15) is 12.4 Å². The summed E-state index contributed by atoms with van der Waals surface area (Å²) in [6.45, 7) is 9.65. The smallest absolute Gasteiger partial charge is 0.327 e. The van der Waals surface area contributed by atoms with Gasteiger partial charge in [-0.3, -0.25) is 33.9 Å². The van der Waals surface area contributed by atoms with Crippen molar-refractivity contribution in [3.8, 4) is 0 Å². The number of carbonyl (C=O) groups is 4. The Morgan fingerprint density at radius 2 is 1.43 bits per heavy atom. The van der Waals surface area contributed by atoms with Crippen LogP contribution in [0.2, 0.25) is 0 Å². The maximum Gasteiger partial charge on any atom is 0.327 e. The van der Waals surface area contributed by atoms with E-state index in [4.69, 9.17) is 18.9 Å². The highest BCUT2D eigenvalue weighted by atomic mass is 16.6. The molecule has 218 valence electrons. The molecule has 0 spiro atoms. The molecule has 0 radical (unpaired) electrons. The third-order valence-corrected chi connectivity index (χ3v) is 5.72. The Bertz CT molecular complexity index is 1320. The summed E-state index contributed by atoms with van der Waals surface area (Å²) in [6.07, 6.45) is -4.15. The van der Waals surface area contributed by atoms with Crippen LogP contribution in [0.4, 0.5) is 11.5 Å². The summed E-state index contributed by atoms with van der Waals surface area (Å²) in [5.74, 6) is -2.85. The number of H-pyrrole nitrogens is 2. The molecule has 0 fully saturated rings. The summed E-state index contributed by atoms with van der Waals surface area (Å²) >= 11 is 0. The molecule has 0 aliphatic carbocycles. The van der Waals surface area contributed by atoms with Crippen LogP contribution in [-0.4, -0.2) is 65.3 Å². The van der Waals surface area contributed by atoms with Crippen molar-refractivity contribution < 1.29 is 38.1 Å². The number of nitrogens with zero attached hydrogens (tertiary/aromatic N) is 1. The molecule has 2 aromatic rings. The van der Waals surface area contributed by atoms with Gasteiger partial charge in [0, 0.05) is 39.4 Å². The monoisotopic (exact) mass is 561 g/mol. The minimum atomic E-state index is -1.45. The molecule has 3 atom stereocenters. The van der Waals surface area contributed by atoms with E-state index in [1.165, 1.54) is 4.90 Å². The third kappa shape index (κ3) is 9.40. The van der Waals surface area contributed by atoms with Crippen molar-refractivity contribution in [2.75, 3.05) is 18.1 Å². The number of hydrogen-bond donors (Lipinski definition) is 2. The van der Waals surface area contributed by atoms with Crippen molar-refractivity contribution in [2.24, 2.45) is 0 Å². The molecule has 0 unspecified atom stereocenters. The number of esters is 4. The first kappa shape index (κ1) is 31.8. The van der Waals surface area contributed by atoms with Crippen molar-refractivity contribution in [3.63, 3.8) is 0 Å². The SMILES string of the molecule is CC(=O)OC[C@@H](OC(C)=O)[C@@H](OC(C)=O)[C@H](CN(c1ccc(C)c(C(C)C)c1)c1cc(=O)[nH]c(=O)[nH]1)OC(C)=O. The van der Waals surface area contributed by atoms with E-state index in [9.17, 15) is 28.8 Å². The van der Waals surface area contributed by atoms with Gasteiger partial charge in [0.05, 0.1) is 6.54 Å². The van der Waals surface area contributed by atoms with E-state index < -0.39 is 60.0 Å². The summed E-state index contributed by atoms with van der Waals surface area (Å²) in [5.41, 5.74) is 1.02. The van der Waals surface area contributed by atoms with Gasteiger partial charge in [-0.25, -0.2) is 4.79 Å². The molecule has 0 aliphatic heterocycles. The van der Waals surface area contributed by atoms with Gasteiger partial charge in [0.15, 0.2) is 18.3 Å². The molecule has 2 N–H and O–H groups in total. The maximum atomic E-state index is 12.2. The number of nitrogens with one attached hydrogen (secondary N) is 2. The lowest BCUT2D eigenvalue weighted by molar-refractivity contribution is -0.188. The lowest BCUT2D eigenvalue weighted by atomic mass is 9.97. The molecule has 13 nitrogen and oxygen atoms in total. The highest BCUT2D eigenvalue weighted by Gasteiger charge is 2.39. The molecule has 0 saturated heterocycles. The van der Waals surface area contributed by atoms with Gasteiger partial charge in [0.2, 0.25) is 0 Å². The van der Waals surface area contributed by atoms with Crippen LogP contribution in [0.1, 0.15) is 58.6 Å². The lowest BCUT2D eigenvalue weighted by Gasteiger charge is -2.35.